The molecule has 2 aliphatic rings. The summed E-state index contributed by atoms with van der Waals surface area (Å²) in [6.07, 6.45) is 5.95. The van der Waals surface area contributed by atoms with Gasteiger partial charge in [0.25, 0.3) is 5.91 Å². The van der Waals surface area contributed by atoms with Gasteiger partial charge >= 0.3 is 5.97 Å². The minimum atomic E-state index is -3.80. The first-order chi connectivity index (χ1) is 18.9. The van der Waals surface area contributed by atoms with E-state index in [9.17, 15) is 22.8 Å². The van der Waals surface area contributed by atoms with Gasteiger partial charge in [-0.05, 0) is 68.2 Å². The number of hydrazine groups is 1. The molecule has 40 heavy (non-hydrogen) atoms. The molecule has 4 rings (SSSR count). The molecule has 0 saturated carbocycles. The minimum Gasteiger partial charge on any atom is -0.457 e. The molecule has 4 atom stereocenters. The Morgan fingerprint density at radius 1 is 1.10 bits per heavy atom. The number of rotatable bonds is 1. The van der Waals surface area contributed by atoms with Crippen molar-refractivity contribution in [1.29, 1.82) is 0 Å². The second kappa shape index (κ2) is 12.4. The highest BCUT2D eigenvalue weighted by Gasteiger charge is 2.34. The van der Waals surface area contributed by atoms with Crippen molar-refractivity contribution in [2.24, 2.45) is 5.92 Å². The predicted molar refractivity (Wildman–Crippen MR) is 151 cm³/mol. The number of aromatic nitrogens is 1. The van der Waals surface area contributed by atoms with Crippen LogP contribution in [0.25, 0.3) is 16.8 Å². The number of esters is 1. The fraction of sp³-hybridized carbons (Fsp3) is 0.500. The topological polar surface area (TPSA) is 147 Å². The first-order valence-electron chi connectivity index (χ1n) is 13.6. The minimum absolute atomic E-state index is 0.213. The Morgan fingerprint density at radius 2 is 1.88 bits per heavy atom. The van der Waals surface area contributed by atoms with Crippen molar-refractivity contribution in [3.8, 4) is 0 Å². The van der Waals surface area contributed by atoms with Gasteiger partial charge in [0.05, 0.1) is 11.4 Å². The fourth-order valence-corrected chi connectivity index (χ4v) is 6.06. The van der Waals surface area contributed by atoms with E-state index in [0.29, 0.717) is 25.1 Å². The molecule has 1 fully saturated rings. The maximum atomic E-state index is 13.1. The van der Waals surface area contributed by atoms with Gasteiger partial charge in [-0.1, -0.05) is 32.1 Å². The van der Waals surface area contributed by atoms with Crippen molar-refractivity contribution in [3.05, 3.63) is 47.8 Å². The van der Waals surface area contributed by atoms with E-state index >= 15 is 0 Å². The molecule has 0 unspecified atom stereocenters. The van der Waals surface area contributed by atoms with Crippen LogP contribution < -0.4 is 15.5 Å². The molecule has 2 aromatic rings. The number of amides is 2. The van der Waals surface area contributed by atoms with Crippen molar-refractivity contribution in [1.82, 2.24) is 25.5 Å². The number of sulfonamides is 1. The molecule has 2 amide bonds. The van der Waals surface area contributed by atoms with Crippen LogP contribution >= 0.6 is 0 Å². The van der Waals surface area contributed by atoms with Gasteiger partial charge in [0.1, 0.15) is 24.2 Å². The Labute approximate surface area is 234 Å². The zero-order chi connectivity index (χ0) is 29.0. The molecule has 0 radical (unpaired) electrons. The van der Waals surface area contributed by atoms with Gasteiger partial charge in [0.15, 0.2) is 0 Å². The Hall–Kier alpha value is -3.35. The number of carbonyl (C=O) groups is 3. The Bertz CT molecular complexity index is 1410. The number of benzene rings is 1. The zero-order valence-electron chi connectivity index (χ0n) is 23.2. The van der Waals surface area contributed by atoms with E-state index in [4.69, 9.17) is 4.74 Å². The van der Waals surface area contributed by atoms with Crippen LogP contribution in [-0.2, 0) is 29.1 Å². The van der Waals surface area contributed by atoms with Gasteiger partial charge in [0, 0.05) is 18.1 Å². The summed E-state index contributed by atoms with van der Waals surface area (Å²) in [4.78, 5) is 43.6. The average molecular weight is 572 g/mol. The standard InChI is InChI=1S/C28H37N5O6S/c1-17(2)25-26(34)30-18(3)27(35)33-12-7-9-24(31-33)28(36)39-19(4)20-10-11-21-16-29-23(15-22(21)14-20)8-5-6-13-40(37,38)32-25/h5,8,10-11,14-19,24-25,31-32H,6-7,9,12-13H2,1-4H3,(H,30,34)/b8-5+/t18-,19+,24-,25-/m0/s1. The van der Waals surface area contributed by atoms with Crippen molar-refractivity contribution in [2.75, 3.05) is 12.3 Å². The van der Waals surface area contributed by atoms with Gasteiger partial charge in [-0.25, -0.2) is 18.6 Å². The van der Waals surface area contributed by atoms with Gasteiger partial charge in [-0.15, -0.1) is 0 Å². The molecule has 0 spiro atoms. The maximum Gasteiger partial charge on any atom is 0.325 e. The largest absolute Gasteiger partial charge is 0.457 e. The molecular weight excluding hydrogens is 534 g/mol. The summed E-state index contributed by atoms with van der Waals surface area (Å²) in [6, 6.07) is 4.88. The molecule has 2 aliphatic heterocycles. The average Bonchev–Trinajstić information content (AvgIpc) is 2.92. The van der Waals surface area contributed by atoms with Gasteiger partial charge in [-0.3, -0.25) is 24.4 Å². The molecule has 12 heteroatoms. The number of hydrogen-bond acceptors (Lipinski definition) is 8. The van der Waals surface area contributed by atoms with Crippen molar-refractivity contribution < 1.29 is 27.5 Å². The lowest BCUT2D eigenvalue weighted by Gasteiger charge is -2.35. The summed E-state index contributed by atoms with van der Waals surface area (Å²) in [7, 11) is -3.80. The fourth-order valence-electron chi connectivity index (χ4n) is 4.73. The summed E-state index contributed by atoms with van der Waals surface area (Å²) < 4.78 is 33.9. The summed E-state index contributed by atoms with van der Waals surface area (Å²) in [6.45, 7) is 7.13. The Kier molecular flexibility index (Phi) is 9.22. The van der Waals surface area contributed by atoms with Crippen LogP contribution in [0.5, 0.6) is 0 Å². The molecule has 1 aromatic heterocycles. The molecular formula is C28H37N5O6S. The number of cyclic esters (lactones) is 1. The van der Waals surface area contributed by atoms with Gasteiger partial charge in [-0.2, -0.15) is 0 Å². The summed E-state index contributed by atoms with van der Waals surface area (Å²) in [5.74, 6) is -2.09. The normalized spacial score (nSPS) is 27.6. The second-order valence-electron chi connectivity index (χ2n) is 10.7. The quantitative estimate of drug-likeness (QED) is 0.442. The molecule has 3 heterocycles. The number of fused-ring (bicyclic) bond motifs is 4. The van der Waals surface area contributed by atoms with Gasteiger partial charge in [0.2, 0.25) is 15.9 Å². The third kappa shape index (κ3) is 7.23. The van der Waals surface area contributed by atoms with Crippen molar-refractivity contribution >= 4 is 44.7 Å². The summed E-state index contributed by atoms with van der Waals surface area (Å²) >= 11 is 0. The van der Waals surface area contributed by atoms with Crippen LogP contribution in [0.1, 0.15) is 64.3 Å². The summed E-state index contributed by atoms with van der Waals surface area (Å²) in [5.41, 5.74) is 4.41. The molecule has 1 saturated heterocycles. The highest BCUT2D eigenvalue weighted by molar-refractivity contribution is 7.89. The van der Waals surface area contributed by atoms with Crippen LogP contribution in [0.3, 0.4) is 0 Å². The van der Waals surface area contributed by atoms with Crippen LogP contribution in [0.2, 0.25) is 0 Å². The molecule has 11 nitrogen and oxygen atoms in total. The lowest BCUT2D eigenvalue weighted by atomic mass is 10.0. The lowest BCUT2D eigenvalue weighted by molar-refractivity contribution is -0.157. The molecule has 5 bridgehead atoms. The van der Waals surface area contributed by atoms with E-state index in [0.717, 1.165) is 16.3 Å². The predicted octanol–water partition coefficient (Wildman–Crippen LogP) is 2.20. The number of ether oxygens (including phenoxy) is 1. The smallest absolute Gasteiger partial charge is 0.325 e. The number of allylic oxidation sites excluding steroid dienone is 1. The molecule has 1 aromatic carbocycles. The van der Waals surface area contributed by atoms with Crippen LogP contribution in [0.15, 0.2) is 36.5 Å². The van der Waals surface area contributed by atoms with Crippen LogP contribution in [-0.4, -0.2) is 66.6 Å². The zero-order valence-corrected chi connectivity index (χ0v) is 24.0. The van der Waals surface area contributed by atoms with Crippen LogP contribution in [0.4, 0.5) is 0 Å². The third-order valence-corrected chi connectivity index (χ3v) is 8.48. The van der Waals surface area contributed by atoms with E-state index in [1.165, 1.54) is 11.9 Å². The SMILES string of the molecule is CC(C)[C@@H]1NS(=O)(=O)CC/C=C/c2cc3cc(ccc3cn2)[C@@H](C)OC(=O)[C@@H]2CCCN(N2)C(=O)[C@H](C)NC1=O. The number of pyridine rings is 1. The van der Waals surface area contributed by atoms with E-state index in [1.807, 2.05) is 24.3 Å². The third-order valence-electron chi connectivity index (χ3n) is 7.09. The van der Waals surface area contributed by atoms with E-state index in [-0.39, 0.29) is 18.1 Å². The first kappa shape index (κ1) is 29.6. The van der Waals surface area contributed by atoms with E-state index in [1.54, 1.807) is 39.1 Å². The van der Waals surface area contributed by atoms with E-state index in [2.05, 4.69) is 20.4 Å². The molecule has 216 valence electrons. The van der Waals surface area contributed by atoms with Crippen molar-refractivity contribution in [2.45, 2.75) is 71.2 Å². The Balaban J connectivity index is 1.64. The highest BCUT2D eigenvalue weighted by atomic mass is 32.2. The number of hydrogen-bond donors (Lipinski definition) is 3. The van der Waals surface area contributed by atoms with Gasteiger partial charge < -0.3 is 10.1 Å². The second-order valence-corrected chi connectivity index (χ2v) is 12.6. The number of carbonyl (C=O) groups excluding carboxylic acids is 3. The van der Waals surface area contributed by atoms with E-state index < -0.39 is 52.0 Å². The Morgan fingerprint density at radius 3 is 2.62 bits per heavy atom. The number of nitrogens with one attached hydrogen (secondary N) is 3. The summed E-state index contributed by atoms with van der Waals surface area (Å²) in [5, 5.41) is 5.77. The van der Waals surface area contributed by atoms with Crippen LogP contribution in [0, 0.1) is 5.92 Å². The molecule has 3 N–H and O–H groups in total. The molecule has 0 aliphatic carbocycles. The number of nitrogens with zero attached hydrogens (tertiary/aromatic N) is 2. The lowest BCUT2D eigenvalue weighted by Crippen LogP contribution is -2.61. The van der Waals surface area contributed by atoms with Crippen molar-refractivity contribution in [3.63, 3.8) is 0 Å². The monoisotopic (exact) mass is 571 g/mol. The maximum absolute atomic E-state index is 13.1. The first-order valence-corrected chi connectivity index (χ1v) is 15.2. The highest BCUT2D eigenvalue weighted by Crippen LogP contribution is 2.24.